The lowest BCUT2D eigenvalue weighted by atomic mass is 9.87. The number of aryl methyl sites for hydroxylation is 1. The maximum atomic E-state index is 13.3. The second-order valence-electron chi connectivity index (χ2n) is 6.53. The van der Waals surface area contributed by atoms with Crippen LogP contribution in [0.1, 0.15) is 41.1 Å². The lowest BCUT2D eigenvalue weighted by Crippen LogP contribution is -2.36. The highest BCUT2D eigenvalue weighted by Crippen LogP contribution is 2.34. The van der Waals surface area contributed by atoms with Gasteiger partial charge in [0.15, 0.2) is 0 Å². The first-order chi connectivity index (χ1) is 12.0. The second kappa shape index (κ2) is 7.66. The molecule has 0 heterocycles. The number of fused-ring (bicyclic) bond motifs is 1. The van der Waals surface area contributed by atoms with Crippen molar-refractivity contribution in [3.8, 4) is 5.75 Å². The van der Waals surface area contributed by atoms with E-state index in [-0.39, 0.29) is 24.3 Å². The van der Waals surface area contributed by atoms with Gasteiger partial charge >= 0.3 is 0 Å². The molecule has 1 atom stereocenters. The number of hydrogen-bond donors (Lipinski definition) is 3. The van der Waals surface area contributed by atoms with Crippen molar-refractivity contribution < 1.29 is 14.3 Å². The molecule has 1 amide bonds. The van der Waals surface area contributed by atoms with Crippen LogP contribution in [0.25, 0.3) is 0 Å². The van der Waals surface area contributed by atoms with Crippen LogP contribution in [0.5, 0.6) is 5.75 Å². The van der Waals surface area contributed by atoms with Gasteiger partial charge in [-0.2, -0.15) is 0 Å². The van der Waals surface area contributed by atoms with Gasteiger partial charge in [-0.05, 0) is 60.6 Å². The molecule has 0 bridgehead atoms. The first kappa shape index (κ1) is 17.4. The summed E-state index contributed by atoms with van der Waals surface area (Å²) < 4.78 is 13.3. The van der Waals surface area contributed by atoms with Gasteiger partial charge in [-0.1, -0.05) is 24.3 Å². The van der Waals surface area contributed by atoms with E-state index < -0.39 is 0 Å². The number of amides is 1. The molecule has 1 unspecified atom stereocenters. The van der Waals surface area contributed by atoms with E-state index in [4.69, 9.17) is 0 Å². The quantitative estimate of drug-likeness (QED) is 0.782. The van der Waals surface area contributed by atoms with Crippen molar-refractivity contribution in [1.82, 2.24) is 10.6 Å². The van der Waals surface area contributed by atoms with E-state index in [2.05, 4.69) is 10.6 Å². The Hall–Kier alpha value is -2.40. The standard InChI is InChI=1S/C20H23FN2O2/c1-13-10-14(8-9-17(13)21)11-23-20(25)12-22-18-6-2-5-16-15(18)4-3-7-19(16)24/h3-4,7-10,18,22,24H,2,5-6,11-12H2,1H3,(H,23,25). The second-order valence-corrected chi connectivity index (χ2v) is 6.53. The number of rotatable bonds is 5. The van der Waals surface area contributed by atoms with Crippen molar-refractivity contribution >= 4 is 5.91 Å². The molecule has 3 rings (SSSR count). The molecule has 0 saturated carbocycles. The van der Waals surface area contributed by atoms with E-state index in [9.17, 15) is 14.3 Å². The number of carbonyl (C=O) groups is 1. The van der Waals surface area contributed by atoms with E-state index in [0.717, 1.165) is 36.0 Å². The first-order valence-electron chi connectivity index (χ1n) is 8.60. The highest BCUT2D eigenvalue weighted by atomic mass is 19.1. The Bertz CT molecular complexity index is 776. The highest BCUT2D eigenvalue weighted by molar-refractivity contribution is 5.78. The number of aromatic hydroxyl groups is 1. The van der Waals surface area contributed by atoms with Gasteiger partial charge in [0.2, 0.25) is 5.91 Å². The van der Waals surface area contributed by atoms with E-state index in [1.54, 1.807) is 25.1 Å². The zero-order valence-electron chi connectivity index (χ0n) is 14.3. The van der Waals surface area contributed by atoms with E-state index >= 15 is 0 Å². The van der Waals surface area contributed by atoms with E-state index in [0.29, 0.717) is 17.9 Å². The summed E-state index contributed by atoms with van der Waals surface area (Å²) in [4.78, 5) is 12.1. The van der Waals surface area contributed by atoms with E-state index in [1.807, 2.05) is 12.1 Å². The van der Waals surface area contributed by atoms with Gasteiger partial charge in [-0.3, -0.25) is 4.79 Å². The molecule has 4 nitrogen and oxygen atoms in total. The van der Waals surface area contributed by atoms with E-state index in [1.165, 1.54) is 6.07 Å². The van der Waals surface area contributed by atoms with Gasteiger partial charge in [0.05, 0.1) is 6.54 Å². The van der Waals surface area contributed by atoms with Crippen molar-refractivity contribution in [2.45, 2.75) is 38.8 Å². The third-order valence-electron chi connectivity index (χ3n) is 4.70. The molecule has 2 aromatic rings. The molecule has 1 aliphatic carbocycles. The van der Waals surface area contributed by atoms with Gasteiger partial charge in [0, 0.05) is 12.6 Å². The molecule has 1 aliphatic rings. The van der Waals surface area contributed by atoms with Crippen molar-refractivity contribution in [1.29, 1.82) is 0 Å². The van der Waals surface area contributed by atoms with Crippen LogP contribution in [-0.4, -0.2) is 17.6 Å². The van der Waals surface area contributed by atoms with Crippen LogP contribution < -0.4 is 10.6 Å². The number of hydrogen-bond acceptors (Lipinski definition) is 3. The monoisotopic (exact) mass is 342 g/mol. The summed E-state index contributed by atoms with van der Waals surface area (Å²) in [5.74, 6) is -0.00894. The largest absolute Gasteiger partial charge is 0.508 e. The minimum Gasteiger partial charge on any atom is -0.508 e. The summed E-state index contributed by atoms with van der Waals surface area (Å²) in [6.45, 7) is 2.29. The summed E-state index contributed by atoms with van der Waals surface area (Å²) in [6, 6.07) is 10.5. The van der Waals surface area contributed by atoms with Crippen LogP contribution in [-0.2, 0) is 17.8 Å². The van der Waals surface area contributed by atoms with Crippen molar-refractivity contribution in [2.75, 3.05) is 6.54 Å². The summed E-state index contributed by atoms with van der Waals surface area (Å²) in [6.07, 6.45) is 2.80. The van der Waals surface area contributed by atoms with Gasteiger partial charge in [-0.25, -0.2) is 4.39 Å². The molecule has 0 fully saturated rings. The number of halogens is 1. The minimum atomic E-state index is -0.240. The Morgan fingerprint density at radius 3 is 2.96 bits per heavy atom. The molecular formula is C20H23FN2O2. The topological polar surface area (TPSA) is 61.4 Å². The fourth-order valence-electron chi connectivity index (χ4n) is 3.34. The summed E-state index contributed by atoms with van der Waals surface area (Å²) >= 11 is 0. The summed E-state index contributed by atoms with van der Waals surface area (Å²) in [7, 11) is 0. The van der Waals surface area contributed by atoms with Crippen LogP contribution in [0.4, 0.5) is 4.39 Å². The molecule has 3 N–H and O–H groups in total. The van der Waals surface area contributed by atoms with Crippen LogP contribution in [0.15, 0.2) is 36.4 Å². The molecule has 2 aromatic carbocycles. The number of nitrogens with one attached hydrogen (secondary N) is 2. The Balaban J connectivity index is 1.53. The predicted octanol–water partition coefficient (Wildman–Crippen LogP) is 3.12. The molecule has 132 valence electrons. The minimum absolute atomic E-state index is 0.0784. The lowest BCUT2D eigenvalue weighted by Gasteiger charge is -2.26. The summed E-state index contributed by atoms with van der Waals surface area (Å²) in [5.41, 5.74) is 3.50. The normalized spacial score (nSPS) is 16.3. The third-order valence-corrected chi connectivity index (χ3v) is 4.70. The van der Waals surface area contributed by atoms with Crippen LogP contribution >= 0.6 is 0 Å². The Morgan fingerprint density at radius 2 is 2.16 bits per heavy atom. The van der Waals surface area contributed by atoms with Gasteiger partial charge in [-0.15, -0.1) is 0 Å². The van der Waals surface area contributed by atoms with Gasteiger partial charge < -0.3 is 15.7 Å². The molecule has 0 aromatic heterocycles. The first-order valence-corrected chi connectivity index (χ1v) is 8.60. The van der Waals surface area contributed by atoms with Crippen LogP contribution in [0.2, 0.25) is 0 Å². The maximum Gasteiger partial charge on any atom is 0.234 e. The number of benzene rings is 2. The predicted molar refractivity (Wildman–Crippen MR) is 94.8 cm³/mol. The Labute approximate surface area is 147 Å². The lowest BCUT2D eigenvalue weighted by molar-refractivity contribution is -0.120. The smallest absolute Gasteiger partial charge is 0.234 e. The van der Waals surface area contributed by atoms with Gasteiger partial charge in [0.1, 0.15) is 11.6 Å². The van der Waals surface area contributed by atoms with Gasteiger partial charge in [0.25, 0.3) is 0 Å². The molecule has 0 aliphatic heterocycles. The average Bonchev–Trinajstić information content (AvgIpc) is 2.61. The Kier molecular flexibility index (Phi) is 5.34. The maximum absolute atomic E-state index is 13.3. The van der Waals surface area contributed by atoms with Crippen LogP contribution in [0, 0.1) is 12.7 Å². The molecule has 0 saturated heterocycles. The molecule has 25 heavy (non-hydrogen) atoms. The fraction of sp³-hybridized carbons (Fsp3) is 0.350. The third kappa shape index (κ3) is 4.17. The molecule has 5 heteroatoms. The zero-order valence-corrected chi connectivity index (χ0v) is 14.3. The fourth-order valence-corrected chi connectivity index (χ4v) is 3.34. The molecular weight excluding hydrogens is 319 g/mol. The zero-order chi connectivity index (χ0) is 17.8. The van der Waals surface area contributed by atoms with Crippen LogP contribution in [0.3, 0.4) is 0 Å². The Morgan fingerprint density at radius 1 is 1.32 bits per heavy atom. The number of carbonyl (C=O) groups excluding carboxylic acids is 1. The molecule has 0 spiro atoms. The average molecular weight is 342 g/mol. The molecule has 0 radical (unpaired) electrons. The summed E-state index contributed by atoms with van der Waals surface area (Å²) in [5, 5.41) is 16.1. The van der Waals surface area contributed by atoms with Crippen molar-refractivity contribution in [2.24, 2.45) is 0 Å². The number of phenolic OH excluding ortho intramolecular Hbond substituents is 1. The SMILES string of the molecule is Cc1cc(CNC(=O)CNC2CCCc3c(O)cccc32)ccc1F. The number of phenols is 1. The van der Waals surface area contributed by atoms with Crippen molar-refractivity contribution in [3.63, 3.8) is 0 Å². The van der Waals surface area contributed by atoms with Crippen molar-refractivity contribution in [3.05, 3.63) is 64.5 Å². The highest BCUT2D eigenvalue weighted by Gasteiger charge is 2.22.